The highest BCUT2D eigenvalue weighted by Gasteiger charge is 2.27. The summed E-state index contributed by atoms with van der Waals surface area (Å²) < 4.78 is 34.5. The molecule has 1 aromatic carbocycles. The fourth-order valence-electron chi connectivity index (χ4n) is 2.69. The van der Waals surface area contributed by atoms with E-state index in [-0.39, 0.29) is 35.7 Å². The number of rotatable bonds is 11. The molecule has 1 N–H and O–H groups in total. The van der Waals surface area contributed by atoms with E-state index in [4.69, 9.17) is 23.8 Å². The van der Waals surface area contributed by atoms with Crippen molar-refractivity contribution in [1.82, 2.24) is 0 Å². The Kier molecular flexibility index (Phi) is 10.4. The Labute approximate surface area is 193 Å². The van der Waals surface area contributed by atoms with Crippen molar-refractivity contribution >= 4 is 13.6 Å². The maximum absolute atomic E-state index is 12.2. The molecule has 0 saturated carbocycles. The number of hydrogen-bond acceptors (Lipinski definition) is 6. The Hall–Kier alpha value is -1.84. The quantitative estimate of drug-likeness (QED) is 0.230. The van der Waals surface area contributed by atoms with Crippen molar-refractivity contribution in [3.05, 3.63) is 35.4 Å². The van der Waals surface area contributed by atoms with Gasteiger partial charge in [0.25, 0.3) is 0 Å². The van der Waals surface area contributed by atoms with Gasteiger partial charge in [0, 0.05) is 11.1 Å². The standard InChI is InChI=1S/C24H38NO6P/c1-18(2)30-22(21(24(6,7)8)16-28-17-23(3,4)5)19-11-9-12-20(15-19)31-32(26,27)29-14-10-13-25/h9,11-12,15,18H,10,14,16-17H2,1-8H3,(H,26,27). The molecule has 0 fully saturated rings. The van der Waals surface area contributed by atoms with Crippen molar-refractivity contribution < 1.29 is 28.0 Å². The molecule has 0 aromatic heterocycles. The third kappa shape index (κ3) is 10.7. The highest BCUT2D eigenvalue weighted by Crippen LogP contribution is 2.44. The van der Waals surface area contributed by atoms with Gasteiger partial charge in [0.2, 0.25) is 0 Å². The first-order valence-corrected chi connectivity index (χ1v) is 12.3. The van der Waals surface area contributed by atoms with Gasteiger partial charge < -0.3 is 14.0 Å². The van der Waals surface area contributed by atoms with Crippen molar-refractivity contribution in [1.29, 1.82) is 5.26 Å². The van der Waals surface area contributed by atoms with Gasteiger partial charge in [0.05, 0.1) is 38.4 Å². The molecule has 0 heterocycles. The predicted octanol–water partition coefficient (Wildman–Crippen LogP) is 6.34. The van der Waals surface area contributed by atoms with E-state index in [0.717, 1.165) is 5.57 Å². The molecule has 0 aliphatic heterocycles. The number of nitriles is 1. The van der Waals surface area contributed by atoms with E-state index in [9.17, 15) is 9.46 Å². The SMILES string of the molecule is CC(C)OC(=C(COCC(C)(C)C)C(C)(C)C)c1cccc(OP(=O)(O)OCCC#N)c1. The van der Waals surface area contributed by atoms with Crippen LogP contribution in [0.2, 0.25) is 0 Å². The zero-order valence-electron chi connectivity index (χ0n) is 20.6. The Bertz CT molecular complexity index is 858. The lowest BCUT2D eigenvalue weighted by atomic mass is 9.84. The molecule has 1 aromatic rings. The van der Waals surface area contributed by atoms with Crippen LogP contribution in [-0.2, 0) is 18.6 Å². The van der Waals surface area contributed by atoms with Crippen LogP contribution in [0.1, 0.15) is 67.4 Å². The van der Waals surface area contributed by atoms with Gasteiger partial charge in [0.15, 0.2) is 0 Å². The topological polar surface area (TPSA) is 98.0 Å². The van der Waals surface area contributed by atoms with Crippen LogP contribution in [0.25, 0.3) is 5.76 Å². The van der Waals surface area contributed by atoms with Gasteiger partial charge in [-0.05, 0) is 36.8 Å². The molecule has 0 radical (unpaired) electrons. The third-order valence-electron chi connectivity index (χ3n) is 4.10. The second kappa shape index (κ2) is 11.9. The average molecular weight is 468 g/mol. The minimum absolute atomic E-state index is 0.00737. The molecule has 0 aliphatic carbocycles. The molecular formula is C24H38NO6P. The predicted molar refractivity (Wildman–Crippen MR) is 126 cm³/mol. The average Bonchev–Trinajstić information content (AvgIpc) is 2.61. The summed E-state index contributed by atoms with van der Waals surface area (Å²) in [6.07, 6.45) is -0.0974. The Morgan fingerprint density at radius 2 is 1.84 bits per heavy atom. The maximum atomic E-state index is 12.2. The van der Waals surface area contributed by atoms with E-state index in [0.29, 0.717) is 24.5 Å². The second-order valence-corrected chi connectivity index (χ2v) is 11.5. The third-order valence-corrected chi connectivity index (χ3v) is 5.05. The zero-order valence-corrected chi connectivity index (χ0v) is 21.5. The normalized spacial score (nSPS) is 15.0. The summed E-state index contributed by atoms with van der Waals surface area (Å²) in [6, 6.07) is 8.65. The summed E-state index contributed by atoms with van der Waals surface area (Å²) in [5.41, 5.74) is 1.47. The van der Waals surface area contributed by atoms with Gasteiger partial charge >= 0.3 is 7.82 Å². The number of ether oxygens (including phenoxy) is 2. The molecule has 1 atom stereocenters. The van der Waals surface area contributed by atoms with E-state index in [1.54, 1.807) is 18.2 Å². The van der Waals surface area contributed by atoms with Crippen molar-refractivity contribution in [3.8, 4) is 11.8 Å². The molecule has 0 aliphatic rings. The maximum Gasteiger partial charge on any atom is 0.527 e. The number of hydrogen-bond donors (Lipinski definition) is 1. The lowest BCUT2D eigenvalue weighted by Gasteiger charge is -2.29. The second-order valence-electron chi connectivity index (χ2n) is 10.1. The smallest absolute Gasteiger partial charge is 0.490 e. The minimum Gasteiger partial charge on any atom is -0.490 e. The van der Waals surface area contributed by atoms with E-state index in [1.165, 1.54) is 0 Å². The van der Waals surface area contributed by atoms with Crippen molar-refractivity contribution in [2.45, 2.75) is 67.9 Å². The molecule has 1 rings (SSSR count). The first kappa shape index (κ1) is 28.2. The summed E-state index contributed by atoms with van der Waals surface area (Å²) >= 11 is 0. The molecule has 0 amide bonds. The van der Waals surface area contributed by atoms with E-state index in [2.05, 4.69) is 41.5 Å². The molecule has 180 valence electrons. The van der Waals surface area contributed by atoms with Gasteiger partial charge in [-0.1, -0.05) is 53.7 Å². The molecule has 7 nitrogen and oxygen atoms in total. The first-order chi connectivity index (χ1) is 14.6. The fraction of sp³-hybridized carbons (Fsp3) is 0.625. The van der Waals surface area contributed by atoms with Crippen LogP contribution in [-0.4, -0.2) is 30.8 Å². The van der Waals surface area contributed by atoms with Gasteiger partial charge in [0.1, 0.15) is 11.5 Å². The summed E-state index contributed by atoms with van der Waals surface area (Å²) in [4.78, 5) is 9.94. The molecule has 8 heteroatoms. The highest BCUT2D eigenvalue weighted by molar-refractivity contribution is 7.47. The van der Waals surface area contributed by atoms with Crippen molar-refractivity contribution in [2.24, 2.45) is 10.8 Å². The van der Waals surface area contributed by atoms with Crippen molar-refractivity contribution in [3.63, 3.8) is 0 Å². The summed E-state index contributed by atoms with van der Waals surface area (Å²) in [6.45, 7) is 17.3. The molecule has 0 saturated heterocycles. The van der Waals surface area contributed by atoms with Gasteiger partial charge in [-0.25, -0.2) is 4.57 Å². The van der Waals surface area contributed by atoms with Crippen LogP contribution in [0.15, 0.2) is 29.8 Å². The lowest BCUT2D eigenvalue weighted by molar-refractivity contribution is 0.0773. The molecule has 32 heavy (non-hydrogen) atoms. The molecular weight excluding hydrogens is 429 g/mol. The van der Waals surface area contributed by atoms with E-state index < -0.39 is 7.82 Å². The largest absolute Gasteiger partial charge is 0.527 e. The Morgan fingerprint density at radius 3 is 2.38 bits per heavy atom. The lowest BCUT2D eigenvalue weighted by Crippen LogP contribution is -2.22. The summed E-state index contributed by atoms with van der Waals surface area (Å²) in [5, 5.41) is 8.57. The van der Waals surface area contributed by atoms with E-state index >= 15 is 0 Å². The number of benzene rings is 1. The van der Waals surface area contributed by atoms with Crippen LogP contribution in [0, 0.1) is 22.2 Å². The first-order valence-electron chi connectivity index (χ1n) is 10.8. The molecule has 0 spiro atoms. The fourth-order valence-corrected chi connectivity index (χ4v) is 3.45. The van der Waals surface area contributed by atoms with Gasteiger partial charge in [-0.15, -0.1) is 0 Å². The molecule has 0 bridgehead atoms. The number of phosphoric acid groups is 1. The van der Waals surface area contributed by atoms with Crippen LogP contribution in [0.4, 0.5) is 0 Å². The summed E-state index contributed by atoms with van der Waals surface area (Å²) in [7, 11) is -4.35. The summed E-state index contributed by atoms with van der Waals surface area (Å²) in [5.74, 6) is 0.823. The Balaban J connectivity index is 3.33. The van der Waals surface area contributed by atoms with Crippen LogP contribution >= 0.6 is 7.82 Å². The highest BCUT2D eigenvalue weighted by atomic mass is 31.2. The van der Waals surface area contributed by atoms with E-state index in [1.807, 2.05) is 26.0 Å². The minimum atomic E-state index is -4.35. The van der Waals surface area contributed by atoms with Crippen LogP contribution in [0.3, 0.4) is 0 Å². The van der Waals surface area contributed by atoms with Gasteiger partial charge in [-0.2, -0.15) is 5.26 Å². The van der Waals surface area contributed by atoms with Crippen LogP contribution < -0.4 is 4.52 Å². The van der Waals surface area contributed by atoms with Crippen molar-refractivity contribution in [2.75, 3.05) is 19.8 Å². The number of phosphoric ester groups is 1. The number of nitrogens with zero attached hydrogens (tertiary/aromatic N) is 1. The van der Waals surface area contributed by atoms with Crippen LogP contribution in [0.5, 0.6) is 5.75 Å². The Morgan fingerprint density at radius 1 is 1.19 bits per heavy atom. The monoisotopic (exact) mass is 467 g/mol. The van der Waals surface area contributed by atoms with Gasteiger partial charge in [-0.3, -0.25) is 9.42 Å². The zero-order chi connectivity index (χ0) is 24.6. The molecule has 1 unspecified atom stereocenters.